The number of ether oxygens (including phenoxy) is 1. The van der Waals surface area contributed by atoms with Crippen molar-refractivity contribution in [2.45, 2.75) is 24.3 Å². The predicted octanol–water partition coefficient (Wildman–Crippen LogP) is 3.75. The largest absolute Gasteiger partial charge is 0.495 e. The Morgan fingerprint density at radius 3 is 2.78 bits per heavy atom. The van der Waals surface area contributed by atoms with Crippen molar-refractivity contribution in [2.75, 3.05) is 12.4 Å². The van der Waals surface area contributed by atoms with E-state index in [1.54, 1.807) is 29.8 Å². The number of benzene rings is 2. The molecular weight excluding hydrogens is 386 g/mol. The molecule has 1 atom stereocenters. The third-order valence-corrected chi connectivity index (χ3v) is 5.18. The SMILES string of the molecule is COc1ccc(NC(=O)[C@H](C)Sc2nnnn2-c2ccccc2C)cc1Cl. The van der Waals surface area contributed by atoms with E-state index in [4.69, 9.17) is 16.3 Å². The molecule has 2 aromatic carbocycles. The Balaban J connectivity index is 1.72. The first-order valence-electron chi connectivity index (χ1n) is 8.15. The van der Waals surface area contributed by atoms with Crippen LogP contribution in [0.4, 0.5) is 5.69 Å². The number of carbonyl (C=O) groups excluding carboxylic acids is 1. The number of nitrogens with zero attached hydrogens (tertiary/aromatic N) is 4. The highest BCUT2D eigenvalue weighted by Gasteiger charge is 2.20. The van der Waals surface area contributed by atoms with Gasteiger partial charge in [0.1, 0.15) is 5.75 Å². The van der Waals surface area contributed by atoms with E-state index < -0.39 is 5.25 Å². The van der Waals surface area contributed by atoms with Gasteiger partial charge in [-0.05, 0) is 54.1 Å². The minimum Gasteiger partial charge on any atom is -0.495 e. The molecule has 9 heteroatoms. The number of thioether (sulfide) groups is 1. The topological polar surface area (TPSA) is 81.9 Å². The Bertz CT molecular complexity index is 962. The smallest absolute Gasteiger partial charge is 0.237 e. The molecule has 1 amide bonds. The molecule has 0 radical (unpaired) electrons. The minimum atomic E-state index is -0.417. The van der Waals surface area contributed by atoms with Gasteiger partial charge in [0.05, 0.1) is 23.1 Å². The summed E-state index contributed by atoms with van der Waals surface area (Å²) in [4.78, 5) is 12.5. The standard InChI is InChI=1S/C18H18ClN5O2S/c1-11-6-4-5-7-15(11)24-18(21-22-23-24)27-12(2)17(25)20-13-8-9-16(26-3)14(19)10-13/h4-10,12H,1-3H3,(H,20,25)/t12-/m0/s1. The number of para-hydroxylation sites is 1. The van der Waals surface area contributed by atoms with Crippen LogP contribution in [0.2, 0.25) is 5.02 Å². The van der Waals surface area contributed by atoms with Crippen LogP contribution in [0.3, 0.4) is 0 Å². The number of carbonyl (C=O) groups is 1. The minimum absolute atomic E-state index is 0.180. The number of hydrogen-bond acceptors (Lipinski definition) is 6. The molecule has 0 spiro atoms. The zero-order chi connectivity index (χ0) is 19.4. The van der Waals surface area contributed by atoms with E-state index in [1.165, 1.54) is 18.9 Å². The Kier molecular flexibility index (Phi) is 5.98. The van der Waals surface area contributed by atoms with Crippen molar-refractivity contribution in [3.05, 3.63) is 53.1 Å². The zero-order valence-electron chi connectivity index (χ0n) is 15.0. The fourth-order valence-electron chi connectivity index (χ4n) is 2.40. The van der Waals surface area contributed by atoms with Crippen LogP contribution in [0.15, 0.2) is 47.6 Å². The lowest BCUT2D eigenvalue weighted by Crippen LogP contribution is -2.23. The second kappa shape index (κ2) is 8.41. The average molecular weight is 404 g/mol. The summed E-state index contributed by atoms with van der Waals surface area (Å²) < 4.78 is 6.75. The molecule has 0 aliphatic heterocycles. The van der Waals surface area contributed by atoms with Crippen molar-refractivity contribution in [3.8, 4) is 11.4 Å². The summed E-state index contributed by atoms with van der Waals surface area (Å²) in [6.07, 6.45) is 0. The number of aromatic nitrogens is 4. The molecule has 3 aromatic rings. The van der Waals surface area contributed by atoms with Gasteiger partial charge in [0.25, 0.3) is 0 Å². The van der Waals surface area contributed by atoms with E-state index in [9.17, 15) is 4.79 Å². The molecule has 1 N–H and O–H groups in total. The lowest BCUT2D eigenvalue weighted by Gasteiger charge is -2.13. The maximum atomic E-state index is 12.5. The molecule has 0 aliphatic rings. The monoisotopic (exact) mass is 403 g/mol. The first-order chi connectivity index (χ1) is 13.0. The number of hydrogen-bond donors (Lipinski definition) is 1. The number of nitrogens with one attached hydrogen (secondary N) is 1. The maximum absolute atomic E-state index is 12.5. The highest BCUT2D eigenvalue weighted by molar-refractivity contribution is 8.00. The highest BCUT2D eigenvalue weighted by atomic mass is 35.5. The molecule has 140 valence electrons. The van der Waals surface area contributed by atoms with Gasteiger partial charge in [0.15, 0.2) is 0 Å². The van der Waals surface area contributed by atoms with Crippen molar-refractivity contribution < 1.29 is 9.53 Å². The lowest BCUT2D eigenvalue weighted by atomic mass is 10.2. The van der Waals surface area contributed by atoms with Gasteiger partial charge >= 0.3 is 0 Å². The fraction of sp³-hybridized carbons (Fsp3) is 0.222. The lowest BCUT2D eigenvalue weighted by molar-refractivity contribution is -0.115. The molecule has 0 saturated heterocycles. The molecule has 27 heavy (non-hydrogen) atoms. The summed E-state index contributed by atoms with van der Waals surface area (Å²) in [6, 6.07) is 12.9. The highest BCUT2D eigenvalue weighted by Crippen LogP contribution is 2.29. The number of amides is 1. The second-order valence-electron chi connectivity index (χ2n) is 5.76. The van der Waals surface area contributed by atoms with Gasteiger partial charge in [-0.1, -0.05) is 41.6 Å². The number of aryl methyl sites for hydroxylation is 1. The van der Waals surface area contributed by atoms with Gasteiger partial charge in [-0.3, -0.25) is 4.79 Å². The summed E-state index contributed by atoms with van der Waals surface area (Å²) in [5, 5.41) is 15.2. The van der Waals surface area contributed by atoms with Crippen LogP contribution in [0, 0.1) is 6.92 Å². The summed E-state index contributed by atoms with van der Waals surface area (Å²) in [5.74, 6) is 0.370. The second-order valence-corrected chi connectivity index (χ2v) is 7.47. The zero-order valence-corrected chi connectivity index (χ0v) is 16.6. The first-order valence-corrected chi connectivity index (χ1v) is 9.41. The van der Waals surface area contributed by atoms with E-state index in [-0.39, 0.29) is 5.91 Å². The van der Waals surface area contributed by atoms with Crippen LogP contribution < -0.4 is 10.1 Å². The van der Waals surface area contributed by atoms with Crippen molar-refractivity contribution in [1.29, 1.82) is 0 Å². The number of rotatable bonds is 6. The summed E-state index contributed by atoms with van der Waals surface area (Å²) in [6.45, 7) is 3.77. The fourth-order valence-corrected chi connectivity index (χ4v) is 3.46. The molecule has 7 nitrogen and oxygen atoms in total. The van der Waals surface area contributed by atoms with Crippen LogP contribution in [0.5, 0.6) is 5.75 Å². The molecule has 0 saturated carbocycles. The molecule has 0 aliphatic carbocycles. The Morgan fingerprint density at radius 2 is 2.07 bits per heavy atom. The molecule has 0 fully saturated rings. The van der Waals surface area contributed by atoms with E-state index in [2.05, 4.69) is 20.8 Å². The van der Waals surface area contributed by atoms with E-state index in [0.29, 0.717) is 21.6 Å². The van der Waals surface area contributed by atoms with Crippen LogP contribution in [-0.4, -0.2) is 38.5 Å². The van der Waals surface area contributed by atoms with Gasteiger partial charge in [-0.15, -0.1) is 5.10 Å². The van der Waals surface area contributed by atoms with Gasteiger partial charge in [0.2, 0.25) is 11.1 Å². The molecule has 1 heterocycles. The van der Waals surface area contributed by atoms with Crippen molar-refractivity contribution >= 4 is 35.0 Å². The third kappa shape index (κ3) is 4.40. The van der Waals surface area contributed by atoms with Crippen LogP contribution >= 0.6 is 23.4 Å². The van der Waals surface area contributed by atoms with Crippen LogP contribution in [0.25, 0.3) is 5.69 Å². The van der Waals surface area contributed by atoms with Crippen LogP contribution in [0.1, 0.15) is 12.5 Å². The molecule has 0 unspecified atom stereocenters. The van der Waals surface area contributed by atoms with Gasteiger partial charge in [0, 0.05) is 5.69 Å². The summed E-state index contributed by atoms with van der Waals surface area (Å²) >= 11 is 7.38. The number of anilines is 1. The Labute approximate surface area is 166 Å². The Morgan fingerprint density at radius 1 is 1.30 bits per heavy atom. The molecular formula is C18H18ClN5O2S. The third-order valence-electron chi connectivity index (χ3n) is 3.86. The molecule has 3 rings (SSSR count). The average Bonchev–Trinajstić information content (AvgIpc) is 3.10. The maximum Gasteiger partial charge on any atom is 0.237 e. The summed E-state index contributed by atoms with van der Waals surface area (Å²) in [5.41, 5.74) is 2.51. The van der Waals surface area contributed by atoms with Gasteiger partial charge in [-0.2, -0.15) is 4.68 Å². The first kappa shape index (κ1) is 19.2. The van der Waals surface area contributed by atoms with Crippen LogP contribution in [-0.2, 0) is 4.79 Å². The number of methoxy groups -OCH3 is 1. The van der Waals surface area contributed by atoms with E-state index >= 15 is 0 Å². The van der Waals surface area contributed by atoms with E-state index in [0.717, 1.165) is 11.3 Å². The van der Waals surface area contributed by atoms with Gasteiger partial charge < -0.3 is 10.1 Å². The van der Waals surface area contributed by atoms with Crippen molar-refractivity contribution in [2.24, 2.45) is 0 Å². The van der Waals surface area contributed by atoms with Crippen molar-refractivity contribution in [1.82, 2.24) is 20.2 Å². The summed E-state index contributed by atoms with van der Waals surface area (Å²) in [7, 11) is 1.54. The molecule has 0 bridgehead atoms. The molecule has 1 aromatic heterocycles. The van der Waals surface area contributed by atoms with Crippen molar-refractivity contribution in [3.63, 3.8) is 0 Å². The van der Waals surface area contributed by atoms with E-state index in [1.807, 2.05) is 31.2 Å². The van der Waals surface area contributed by atoms with Gasteiger partial charge in [-0.25, -0.2) is 0 Å². The Hall–Kier alpha value is -2.58. The normalized spacial score (nSPS) is 11.9. The predicted molar refractivity (Wildman–Crippen MR) is 106 cm³/mol. The number of halogens is 1. The quantitative estimate of drug-likeness (QED) is 0.631. The number of tetrazole rings is 1.